The Morgan fingerprint density at radius 1 is 1.30 bits per heavy atom. The molecule has 1 atom stereocenters. The number of rotatable bonds is 0. The molecule has 0 radical (unpaired) electrons. The number of benzene rings is 1. The van der Waals surface area contributed by atoms with Crippen LogP contribution in [-0.4, -0.2) is 21.7 Å². The summed E-state index contributed by atoms with van der Waals surface area (Å²) in [6, 6.07) is 1.65. The van der Waals surface area contributed by atoms with E-state index in [-0.39, 0.29) is 28.2 Å². The van der Waals surface area contributed by atoms with Crippen LogP contribution >= 0.6 is 11.6 Å². The van der Waals surface area contributed by atoms with Gasteiger partial charge in [0.15, 0.2) is 11.5 Å². The fraction of sp³-hybridized carbons (Fsp3) is 0.214. The van der Waals surface area contributed by atoms with Gasteiger partial charge >= 0.3 is 0 Å². The number of hydrogen-bond acceptors (Lipinski definition) is 5. The Morgan fingerprint density at radius 2 is 2.15 bits per heavy atom. The number of hydrogen-bond donors (Lipinski definition) is 3. The van der Waals surface area contributed by atoms with Crippen molar-refractivity contribution in [2.75, 3.05) is 6.54 Å². The second kappa shape index (κ2) is 4.01. The number of ether oxygens (including phenoxy) is 1. The fourth-order valence-corrected chi connectivity index (χ4v) is 3.14. The van der Waals surface area contributed by atoms with Crippen LogP contribution in [0.25, 0.3) is 0 Å². The monoisotopic (exact) mass is 290 g/mol. The van der Waals surface area contributed by atoms with Gasteiger partial charge in [-0.1, -0.05) is 11.6 Å². The Kier molecular flexibility index (Phi) is 2.37. The van der Waals surface area contributed by atoms with Crippen molar-refractivity contribution < 1.29 is 14.9 Å². The Hall–Kier alpha value is -1.98. The van der Waals surface area contributed by atoms with E-state index in [1.807, 2.05) is 6.20 Å². The van der Waals surface area contributed by atoms with Gasteiger partial charge in [0, 0.05) is 36.3 Å². The van der Waals surface area contributed by atoms with Crippen LogP contribution in [0, 0.1) is 0 Å². The van der Waals surface area contributed by atoms with Gasteiger partial charge in [0.1, 0.15) is 5.75 Å². The predicted molar refractivity (Wildman–Crippen MR) is 72.6 cm³/mol. The molecule has 0 saturated carbocycles. The van der Waals surface area contributed by atoms with Crippen molar-refractivity contribution in [2.45, 2.75) is 12.5 Å². The molecule has 0 aliphatic carbocycles. The molecule has 0 spiro atoms. The molecule has 5 nitrogen and oxygen atoms in total. The standard InChI is InChI=1S/C14H11ClN2O3/c15-9-1-7-8-4-16-2-6-3-17-5-10(11(6)8)20-14(7)13(19)12(9)18/h1,3,5,8,16,18-19H,2,4H2. The quantitative estimate of drug-likeness (QED) is 0.650. The topological polar surface area (TPSA) is 74.6 Å². The molecule has 0 amide bonds. The van der Waals surface area contributed by atoms with Crippen molar-refractivity contribution in [3.63, 3.8) is 0 Å². The van der Waals surface area contributed by atoms with Crippen molar-refractivity contribution in [1.82, 2.24) is 10.3 Å². The highest BCUT2D eigenvalue weighted by molar-refractivity contribution is 6.32. The lowest BCUT2D eigenvalue weighted by atomic mass is 9.83. The molecular formula is C14H11ClN2O3. The molecular weight excluding hydrogens is 280 g/mol. The second-order valence-electron chi connectivity index (χ2n) is 4.97. The van der Waals surface area contributed by atoms with E-state index in [0.29, 0.717) is 5.75 Å². The Labute approximate surface area is 119 Å². The largest absolute Gasteiger partial charge is 0.503 e. The van der Waals surface area contributed by atoms with Gasteiger partial charge in [0.25, 0.3) is 0 Å². The van der Waals surface area contributed by atoms with Crippen LogP contribution in [0.3, 0.4) is 0 Å². The minimum Gasteiger partial charge on any atom is -0.503 e. The maximum atomic E-state index is 10.1. The van der Waals surface area contributed by atoms with E-state index >= 15 is 0 Å². The molecule has 0 saturated heterocycles. The van der Waals surface area contributed by atoms with Gasteiger partial charge in [0.05, 0.1) is 11.2 Å². The fourth-order valence-electron chi connectivity index (χ4n) is 2.93. The van der Waals surface area contributed by atoms with Crippen LogP contribution in [-0.2, 0) is 6.54 Å². The van der Waals surface area contributed by atoms with Crippen LogP contribution < -0.4 is 10.1 Å². The molecule has 2 aliphatic rings. The highest BCUT2D eigenvalue weighted by Crippen LogP contribution is 2.53. The number of aromatic hydroxyl groups is 2. The lowest BCUT2D eigenvalue weighted by Crippen LogP contribution is -2.31. The van der Waals surface area contributed by atoms with Gasteiger partial charge in [-0.15, -0.1) is 0 Å². The molecule has 3 heterocycles. The van der Waals surface area contributed by atoms with Gasteiger partial charge in [0.2, 0.25) is 5.75 Å². The Morgan fingerprint density at radius 3 is 3.00 bits per heavy atom. The van der Waals surface area contributed by atoms with Crippen LogP contribution in [0.5, 0.6) is 23.0 Å². The zero-order chi connectivity index (χ0) is 13.9. The van der Waals surface area contributed by atoms with Gasteiger partial charge in [-0.3, -0.25) is 4.98 Å². The zero-order valence-corrected chi connectivity index (χ0v) is 11.1. The van der Waals surface area contributed by atoms with Crippen LogP contribution in [0.2, 0.25) is 5.02 Å². The summed E-state index contributed by atoms with van der Waals surface area (Å²) < 4.78 is 5.73. The first-order valence-corrected chi connectivity index (χ1v) is 6.64. The second-order valence-corrected chi connectivity index (χ2v) is 5.38. The molecule has 6 heteroatoms. The molecule has 20 heavy (non-hydrogen) atoms. The molecule has 1 aromatic heterocycles. The normalized spacial score (nSPS) is 18.9. The Balaban J connectivity index is 2.01. The number of nitrogens with zero attached hydrogens (tertiary/aromatic N) is 1. The first-order chi connectivity index (χ1) is 9.66. The maximum absolute atomic E-state index is 10.1. The lowest BCUT2D eigenvalue weighted by Gasteiger charge is -2.33. The summed E-state index contributed by atoms with van der Waals surface area (Å²) >= 11 is 5.96. The molecule has 2 aliphatic heterocycles. The average molecular weight is 291 g/mol. The summed E-state index contributed by atoms with van der Waals surface area (Å²) in [7, 11) is 0. The molecule has 0 bridgehead atoms. The summed E-state index contributed by atoms with van der Waals surface area (Å²) in [5.74, 6) is 0.228. The summed E-state index contributed by atoms with van der Waals surface area (Å²) in [6.07, 6.45) is 3.44. The zero-order valence-electron chi connectivity index (χ0n) is 10.4. The molecule has 1 aromatic carbocycles. The number of pyridine rings is 1. The van der Waals surface area contributed by atoms with Crippen LogP contribution in [0.15, 0.2) is 18.5 Å². The van der Waals surface area contributed by atoms with E-state index in [0.717, 1.165) is 29.8 Å². The summed E-state index contributed by atoms with van der Waals surface area (Å²) in [5.41, 5.74) is 2.93. The minimum atomic E-state index is -0.359. The molecule has 4 rings (SSSR count). The first kappa shape index (κ1) is 11.8. The third-order valence-electron chi connectivity index (χ3n) is 3.84. The van der Waals surface area contributed by atoms with Gasteiger partial charge in [-0.05, 0) is 11.6 Å². The summed E-state index contributed by atoms with van der Waals surface area (Å²) in [4.78, 5) is 4.14. The average Bonchev–Trinajstić information content (AvgIpc) is 2.47. The highest BCUT2D eigenvalue weighted by Gasteiger charge is 2.35. The lowest BCUT2D eigenvalue weighted by molar-refractivity contribution is 0.357. The smallest absolute Gasteiger partial charge is 0.203 e. The number of fused-ring (bicyclic) bond motifs is 2. The predicted octanol–water partition coefficient (Wildman–Crippen LogP) is 2.49. The summed E-state index contributed by atoms with van der Waals surface area (Å²) in [6.45, 7) is 1.46. The van der Waals surface area contributed by atoms with Crippen LogP contribution in [0.4, 0.5) is 0 Å². The van der Waals surface area contributed by atoms with E-state index in [4.69, 9.17) is 16.3 Å². The van der Waals surface area contributed by atoms with E-state index in [2.05, 4.69) is 10.3 Å². The SMILES string of the molecule is Oc1c(Cl)cc2c(c1O)Oc1cncc3c1C2CNC3. The number of phenolic OH excluding ortho intramolecular Hbond substituents is 2. The molecule has 102 valence electrons. The van der Waals surface area contributed by atoms with E-state index in [1.165, 1.54) is 0 Å². The third-order valence-corrected chi connectivity index (χ3v) is 4.13. The third kappa shape index (κ3) is 1.44. The minimum absolute atomic E-state index is 0.0319. The van der Waals surface area contributed by atoms with Gasteiger partial charge < -0.3 is 20.3 Å². The van der Waals surface area contributed by atoms with E-state index in [1.54, 1.807) is 12.3 Å². The maximum Gasteiger partial charge on any atom is 0.203 e. The number of nitrogens with one attached hydrogen (secondary N) is 1. The first-order valence-electron chi connectivity index (χ1n) is 6.26. The van der Waals surface area contributed by atoms with E-state index in [9.17, 15) is 10.2 Å². The van der Waals surface area contributed by atoms with Crippen molar-refractivity contribution in [3.05, 3.63) is 40.2 Å². The molecule has 3 N–H and O–H groups in total. The number of halogens is 1. The summed E-state index contributed by atoms with van der Waals surface area (Å²) in [5, 5.41) is 23.2. The van der Waals surface area contributed by atoms with Crippen molar-refractivity contribution in [2.24, 2.45) is 0 Å². The highest BCUT2D eigenvalue weighted by atomic mass is 35.5. The molecule has 1 unspecified atom stereocenters. The van der Waals surface area contributed by atoms with Gasteiger partial charge in [-0.2, -0.15) is 0 Å². The van der Waals surface area contributed by atoms with E-state index < -0.39 is 0 Å². The van der Waals surface area contributed by atoms with Crippen molar-refractivity contribution >= 4 is 11.6 Å². The van der Waals surface area contributed by atoms with Gasteiger partial charge in [-0.25, -0.2) is 0 Å². The molecule has 0 fully saturated rings. The Bertz CT molecular complexity index is 733. The number of aromatic nitrogens is 1. The number of phenols is 2. The molecule has 2 aromatic rings. The van der Waals surface area contributed by atoms with Crippen LogP contribution in [0.1, 0.15) is 22.6 Å². The van der Waals surface area contributed by atoms with Crippen molar-refractivity contribution in [3.8, 4) is 23.0 Å². The van der Waals surface area contributed by atoms with Crippen molar-refractivity contribution in [1.29, 1.82) is 0 Å².